The number of ether oxygens (including phenoxy) is 1. The summed E-state index contributed by atoms with van der Waals surface area (Å²) in [5, 5.41) is 9.42. The van der Waals surface area contributed by atoms with Gasteiger partial charge in [-0.05, 0) is 47.0 Å². The number of phenols is 1. The summed E-state index contributed by atoms with van der Waals surface area (Å²) in [7, 11) is 1.61. The van der Waals surface area contributed by atoms with E-state index in [2.05, 4.69) is 15.9 Å². The Balaban J connectivity index is 3.40. The Morgan fingerprint density at radius 3 is 2.42 bits per heavy atom. The highest BCUT2D eigenvalue weighted by molar-refractivity contribution is 9.10. The fourth-order valence-electron chi connectivity index (χ4n) is 1.09. The van der Waals surface area contributed by atoms with Crippen LogP contribution in [0.15, 0.2) is 10.5 Å². The maximum absolute atomic E-state index is 9.42. The number of phenolic OH excluding ortho intramolecular Hbond substituents is 1. The number of rotatable bonds is 1. The van der Waals surface area contributed by atoms with Gasteiger partial charge in [0.05, 0.1) is 11.6 Å². The van der Waals surface area contributed by atoms with Crippen LogP contribution in [-0.2, 0) is 0 Å². The molecule has 0 fully saturated rings. The van der Waals surface area contributed by atoms with Gasteiger partial charge < -0.3 is 9.84 Å². The van der Waals surface area contributed by atoms with E-state index >= 15 is 0 Å². The molecule has 0 radical (unpaired) electrons. The average Bonchev–Trinajstić information content (AvgIpc) is 2.01. The predicted molar refractivity (Wildman–Crippen MR) is 51.8 cm³/mol. The van der Waals surface area contributed by atoms with Gasteiger partial charge in [0.15, 0.2) is 0 Å². The van der Waals surface area contributed by atoms with Crippen molar-refractivity contribution in [2.24, 2.45) is 0 Å². The Bertz CT molecular complexity index is 308. The summed E-state index contributed by atoms with van der Waals surface area (Å²) in [5.41, 5.74) is 1.82. The second kappa shape index (κ2) is 3.35. The summed E-state index contributed by atoms with van der Waals surface area (Å²) < 4.78 is 5.94. The zero-order valence-corrected chi connectivity index (χ0v) is 8.90. The summed E-state index contributed by atoms with van der Waals surface area (Å²) in [6.45, 7) is 3.78. The molecule has 0 unspecified atom stereocenters. The summed E-state index contributed by atoms with van der Waals surface area (Å²) in [5.74, 6) is 1.07. The van der Waals surface area contributed by atoms with Crippen LogP contribution in [0.5, 0.6) is 11.5 Å². The molecule has 1 N–H and O–H groups in total. The van der Waals surface area contributed by atoms with Crippen LogP contribution in [0.1, 0.15) is 11.1 Å². The SMILES string of the molecule is COc1c(Br)cc(O)c(C)c1C. The monoisotopic (exact) mass is 230 g/mol. The molecule has 12 heavy (non-hydrogen) atoms. The zero-order valence-electron chi connectivity index (χ0n) is 7.31. The van der Waals surface area contributed by atoms with Gasteiger partial charge in [-0.3, -0.25) is 0 Å². The third kappa shape index (κ3) is 1.41. The van der Waals surface area contributed by atoms with Crippen molar-refractivity contribution in [2.75, 3.05) is 7.11 Å². The predicted octanol–water partition coefficient (Wildman–Crippen LogP) is 2.78. The molecular formula is C9H11BrO2. The van der Waals surface area contributed by atoms with Crippen molar-refractivity contribution in [3.05, 3.63) is 21.7 Å². The number of hydrogen-bond acceptors (Lipinski definition) is 2. The van der Waals surface area contributed by atoms with Crippen molar-refractivity contribution < 1.29 is 9.84 Å². The van der Waals surface area contributed by atoms with Crippen LogP contribution in [0.4, 0.5) is 0 Å². The highest BCUT2D eigenvalue weighted by Gasteiger charge is 2.09. The molecule has 0 spiro atoms. The lowest BCUT2D eigenvalue weighted by Gasteiger charge is -2.10. The highest BCUT2D eigenvalue weighted by Crippen LogP contribution is 2.35. The molecule has 0 bridgehead atoms. The van der Waals surface area contributed by atoms with E-state index in [1.807, 2.05) is 13.8 Å². The molecule has 3 heteroatoms. The van der Waals surface area contributed by atoms with Gasteiger partial charge in [0, 0.05) is 0 Å². The maximum Gasteiger partial charge on any atom is 0.136 e. The van der Waals surface area contributed by atoms with Crippen LogP contribution in [0.2, 0.25) is 0 Å². The normalized spacial score (nSPS) is 10.0. The van der Waals surface area contributed by atoms with E-state index in [-0.39, 0.29) is 0 Å². The van der Waals surface area contributed by atoms with E-state index in [1.165, 1.54) is 0 Å². The molecule has 1 rings (SSSR count). The van der Waals surface area contributed by atoms with Crippen molar-refractivity contribution in [2.45, 2.75) is 13.8 Å². The molecule has 0 saturated heterocycles. The van der Waals surface area contributed by atoms with Gasteiger partial charge in [-0.2, -0.15) is 0 Å². The molecule has 1 aromatic rings. The van der Waals surface area contributed by atoms with Crippen LogP contribution < -0.4 is 4.74 Å². The minimum atomic E-state index is 0.292. The largest absolute Gasteiger partial charge is 0.508 e. The van der Waals surface area contributed by atoms with Crippen LogP contribution in [0.25, 0.3) is 0 Å². The van der Waals surface area contributed by atoms with Gasteiger partial charge in [0.1, 0.15) is 11.5 Å². The summed E-state index contributed by atoms with van der Waals surface area (Å²) in [6, 6.07) is 1.64. The second-order valence-electron chi connectivity index (χ2n) is 2.66. The minimum Gasteiger partial charge on any atom is -0.508 e. The van der Waals surface area contributed by atoms with E-state index in [9.17, 15) is 5.11 Å². The summed E-state index contributed by atoms with van der Waals surface area (Å²) in [6.07, 6.45) is 0. The fraction of sp³-hybridized carbons (Fsp3) is 0.333. The molecule has 0 aliphatic heterocycles. The smallest absolute Gasteiger partial charge is 0.136 e. The molecule has 0 atom stereocenters. The lowest BCUT2D eigenvalue weighted by atomic mass is 10.1. The second-order valence-corrected chi connectivity index (χ2v) is 3.52. The van der Waals surface area contributed by atoms with Crippen molar-refractivity contribution in [1.82, 2.24) is 0 Å². The molecule has 0 amide bonds. The van der Waals surface area contributed by atoms with Gasteiger partial charge >= 0.3 is 0 Å². The first-order valence-electron chi connectivity index (χ1n) is 3.60. The zero-order chi connectivity index (χ0) is 9.30. The third-order valence-corrected chi connectivity index (χ3v) is 2.56. The number of halogens is 1. The molecule has 0 aromatic heterocycles. The van der Waals surface area contributed by atoms with Crippen molar-refractivity contribution in [1.29, 1.82) is 0 Å². The van der Waals surface area contributed by atoms with Crippen molar-refractivity contribution >= 4 is 15.9 Å². The molecule has 2 nitrogen and oxygen atoms in total. The minimum absolute atomic E-state index is 0.292. The van der Waals surface area contributed by atoms with Gasteiger partial charge in [-0.15, -0.1) is 0 Å². The number of aromatic hydroxyl groups is 1. The van der Waals surface area contributed by atoms with E-state index in [4.69, 9.17) is 4.74 Å². The Morgan fingerprint density at radius 2 is 1.92 bits per heavy atom. The van der Waals surface area contributed by atoms with E-state index in [1.54, 1.807) is 13.2 Å². The number of hydrogen-bond donors (Lipinski definition) is 1. The molecule has 0 aliphatic carbocycles. The molecular weight excluding hydrogens is 220 g/mol. The Labute approximate surface area is 80.3 Å². The van der Waals surface area contributed by atoms with E-state index in [0.717, 1.165) is 21.3 Å². The van der Waals surface area contributed by atoms with Crippen LogP contribution in [0, 0.1) is 13.8 Å². The molecule has 0 saturated carbocycles. The third-order valence-electron chi connectivity index (χ3n) is 1.97. The standard InChI is InChI=1S/C9H11BrO2/c1-5-6(2)9(12-3)7(10)4-8(5)11/h4,11H,1-3H3. The maximum atomic E-state index is 9.42. The van der Waals surface area contributed by atoms with Crippen LogP contribution in [0.3, 0.4) is 0 Å². The Kier molecular flexibility index (Phi) is 2.62. The molecule has 66 valence electrons. The Hall–Kier alpha value is -0.700. The first-order valence-corrected chi connectivity index (χ1v) is 4.40. The van der Waals surface area contributed by atoms with E-state index in [0.29, 0.717) is 5.75 Å². The average molecular weight is 231 g/mol. The highest BCUT2D eigenvalue weighted by atomic mass is 79.9. The number of methoxy groups -OCH3 is 1. The number of benzene rings is 1. The van der Waals surface area contributed by atoms with Gasteiger partial charge in [0.25, 0.3) is 0 Å². The van der Waals surface area contributed by atoms with Crippen molar-refractivity contribution in [3.8, 4) is 11.5 Å². The quantitative estimate of drug-likeness (QED) is 0.805. The summed E-state index contributed by atoms with van der Waals surface area (Å²) >= 11 is 3.31. The first kappa shape index (κ1) is 9.39. The Morgan fingerprint density at radius 1 is 1.33 bits per heavy atom. The fourth-order valence-corrected chi connectivity index (χ4v) is 1.76. The molecule has 0 heterocycles. The lowest BCUT2D eigenvalue weighted by Crippen LogP contribution is -1.91. The first-order chi connectivity index (χ1) is 5.57. The van der Waals surface area contributed by atoms with Crippen LogP contribution in [-0.4, -0.2) is 12.2 Å². The van der Waals surface area contributed by atoms with Crippen molar-refractivity contribution in [3.63, 3.8) is 0 Å². The van der Waals surface area contributed by atoms with Gasteiger partial charge in [-0.1, -0.05) is 0 Å². The molecule has 0 aliphatic rings. The van der Waals surface area contributed by atoms with Gasteiger partial charge in [0.2, 0.25) is 0 Å². The van der Waals surface area contributed by atoms with E-state index < -0.39 is 0 Å². The molecule has 1 aromatic carbocycles. The lowest BCUT2D eigenvalue weighted by molar-refractivity contribution is 0.405. The topological polar surface area (TPSA) is 29.5 Å². The van der Waals surface area contributed by atoms with Crippen LogP contribution >= 0.6 is 15.9 Å². The summed E-state index contributed by atoms with van der Waals surface area (Å²) in [4.78, 5) is 0. The van der Waals surface area contributed by atoms with Gasteiger partial charge in [-0.25, -0.2) is 0 Å².